The second-order valence-electron chi connectivity index (χ2n) is 8.90. The number of nitrogens with one attached hydrogen (secondary N) is 1. The lowest BCUT2D eigenvalue weighted by atomic mass is 10.0. The predicted octanol–water partition coefficient (Wildman–Crippen LogP) is 1.68. The third-order valence-electron chi connectivity index (χ3n) is 6.82. The van der Waals surface area contributed by atoms with E-state index in [0.29, 0.717) is 35.8 Å². The third-order valence-corrected chi connectivity index (χ3v) is 7.14. The summed E-state index contributed by atoms with van der Waals surface area (Å²) in [7, 11) is 1.67. The van der Waals surface area contributed by atoms with Crippen molar-refractivity contribution in [1.82, 2.24) is 14.7 Å². The van der Waals surface area contributed by atoms with Crippen molar-refractivity contribution in [1.29, 1.82) is 0 Å². The van der Waals surface area contributed by atoms with E-state index in [9.17, 15) is 15.0 Å². The molecule has 3 N–H and O–H groups in total. The smallest absolute Gasteiger partial charge is 0.241 e. The van der Waals surface area contributed by atoms with Gasteiger partial charge in [0.1, 0.15) is 12.0 Å². The second-order valence-corrected chi connectivity index (χ2v) is 9.31. The summed E-state index contributed by atoms with van der Waals surface area (Å²) >= 11 is 6.25. The lowest BCUT2D eigenvalue weighted by molar-refractivity contribution is -0.137. The topological polar surface area (TPSA) is 88.5 Å². The molecule has 0 radical (unpaired) electrons. The van der Waals surface area contributed by atoms with Crippen LogP contribution in [0.2, 0.25) is 5.02 Å². The summed E-state index contributed by atoms with van der Waals surface area (Å²) in [5, 5.41) is 23.8. The van der Waals surface area contributed by atoms with Crippen LogP contribution in [-0.4, -0.2) is 102 Å². The number of methoxy groups -OCH3 is 1. The van der Waals surface area contributed by atoms with Crippen molar-refractivity contribution in [2.45, 2.75) is 37.1 Å². The molecule has 32 heavy (non-hydrogen) atoms. The molecule has 1 saturated carbocycles. The maximum Gasteiger partial charge on any atom is 0.241 e. The number of carbonyl (C=O) groups is 1. The van der Waals surface area contributed by atoms with E-state index in [4.69, 9.17) is 16.3 Å². The molecule has 0 aromatic heterocycles. The highest BCUT2D eigenvalue weighted by Crippen LogP contribution is 2.45. The quantitative estimate of drug-likeness (QED) is 0.378. The highest BCUT2D eigenvalue weighted by molar-refractivity contribution is 6.31. The minimum Gasteiger partial charge on any atom is -0.506 e. The minimum atomic E-state index is -0.0880. The van der Waals surface area contributed by atoms with Gasteiger partial charge in [0.15, 0.2) is 0 Å². The molecule has 3 fully saturated rings. The highest BCUT2D eigenvalue weighted by atomic mass is 35.5. The number of halogens is 1. The van der Waals surface area contributed by atoms with Crippen LogP contribution >= 0.6 is 11.6 Å². The van der Waals surface area contributed by atoms with Gasteiger partial charge in [-0.1, -0.05) is 18.2 Å². The van der Waals surface area contributed by atoms with Crippen molar-refractivity contribution in [3.8, 4) is 5.75 Å². The van der Waals surface area contributed by atoms with Gasteiger partial charge in [0.05, 0.1) is 24.9 Å². The number of rotatable bonds is 9. The largest absolute Gasteiger partial charge is 0.506 e. The van der Waals surface area contributed by atoms with Crippen LogP contribution in [0.3, 0.4) is 0 Å². The number of aliphatic hydroxyl groups excluding tert-OH is 1. The number of hydrogen-bond acceptors (Lipinski definition) is 7. The second kappa shape index (κ2) is 9.97. The maximum atomic E-state index is 12.8. The van der Waals surface area contributed by atoms with Crippen molar-refractivity contribution < 1.29 is 19.7 Å². The number of nitrogens with zero attached hydrogens (tertiary/aromatic N) is 3. The molecule has 1 aromatic rings. The fraction of sp³-hybridized carbons (Fsp3) is 0.609. The van der Waals surface area contributed by atoms with Crippen molar-refractivity contribution >= 4 is 23.2 Å². The number of phenolic OH excluding ortho intramolecular Hbond substituents is 1. The van der Waals surface area contributed by atoms with Gasteiger partial charge in [0, 0.05) is 57.0 Å². The van der Waals surface area contributed by atoms with E-state index in [1.807, 2.05) is 6.07 Å². The molecule has 1 aliphatic carbocycles. The summed E-state index contributed by atoms with van der Waals surface area (Å²) in [6.07, 6.45) is 3.91. The summed E-state index contributed by atoms with van der Waals surface area (Å²) in [6, 6.07) is 3.66. The number of aromatic hydroxyl groups is 1. The number of ether oxygens (including phenoxy) is 1. The van der Waals surface area contributed by atoms with Crippen molar-refractivity contribution in [2.75, 3.05) is 58.3 Å². The van der Waals surface area contributed by atoms with Gasteiger partial charge in [0.2, 0.25) is 5.91 Å². The Morgan fingerprint density at radius 3 is 2.72 bits per heavy atom. The molecule has 176 valence electrons. The Hall–Kier alpha value is -1.84. The van der Waals surface area contributed by atoms with E-state index in [2.05, 4.69) is 21.7 Å². The average Bonchev–Trinajstić information content (AvgIpc) is 3.60. The zero-order valence-corrected chi connectivity index (χ0v) is 19.3. The summed E-state index contributed by atoms with van der Waals surface area (Å²) in [5.41, 5.74) is 1.56. The molecule has 2 heterocycles. The molecule has 0 bridgehead atoms. The molecule has 1 aromatic carbocycles. The zero-order chi connectivity index (χ0) is 22.8. The number of phenols is 1. The van der Waals surface area contributed by atoms with Gasteiger partial charge >= 0.3 is 0 Å². The van der Waals surface area contributed by atoms with Crippen LogP contribution in [0.15, 0.2) is 24.8 Å². The predicted molar refractivity (Wildman–Crippen MR) is 124 cm³/mol. The SMILES string of the molecule is C=CC(OC)N1CC(N2CCN(C(=O)CNc3cc(C4CC4)c(Cl)cc3O)C[C@H]2CO)C1. The number of amides is 1. The van der Waals surface area contributed by atoms with Gasteiger partial charge in [-0.15, -0.1) is 0 Å². The highest BCUT2D eigenvalue weighted by Gasteiger charge is 2.40. The number of aliphatic hydroxyl groups is 1. The Morgan fingerprint density at radius 2 is 2.09 bits per heavy atom. The normalized spacial score (nSPS) is 23.6. The minimum absolute atomic E-state index is 0.00555. The van der Waals surface area contributed by atoms with E-state index in [1.165, 1.54) is 0 Å². The number of hydrogen-bond donors (Lipinski definition) is 3. The Bertz CT molecular complexity index is 844. The first kappa shape index (κ1) is 23.3. The molecule has 1 amide bonds. The summed E-state index contributed by atoms with van der Waals surface area (Å²) in [4.78, 5) is 19.1. The maximum absolute atomic E-state index is 12.8. The first-order chi connectivity index (χ1) is 15.4. The van der Waals surface area contributed by atoms with Gasteiger partial charge < -0.3 is 25.2 Å². The molecule has 3 aliphatic rings. The van der Waals surface area contributed by atoms with E-state index in [0.717, 1.165) is 38.0 Å². The monoisotopic (exact) mass is 464 g/mol. The van der Waals surface area contributed by atoms with Gasteiger partial charge in [0.25, 0.3) is 0 Å². The Balaban J connectivity index is 1.30. The van der Waals surface area contributed by atoms with Crippen LogP contribution in [0.25, 0.3) is 0 Å². The fourth-order valence-electron chi connectivity index (χ4n) is 4.75. The van der Waals surface area contributed by atoms with Crippen LogP contribution in [0.4, 0.5) is 5.69 Å². The van der Waals surface area contributed by atoms with E-state index >= 15 is 0 Å². The van der Waals surface area contributed by atoms with Crippen molar-refractivity contribution in [2.24, 2.45) is 0 Å². The summed E-state index contributed by atoms with van der Waals surface area (Å²) in [6.45, 7) is 7.44. The molecule has 9 heteroatoms. The summed E-state index contributed by atoms with van der Waals surface area (Å²) < 4.78 is 5.40. The molecule has 4 rings (SSSR count). The number of anilines is 1. The van der Waals surface area contributed by atoms with Crippen molar-refractivity contribution in [3.63, 3.8) is 0 Å². The molecular formula is C23H33ClN4O4. The van der Waals surface area contributed by atoms with Gasteiger partial charge in [-0.25, -0.2) is 0 Å². The third kappa shape index (κ3) is 4.89. The van der Waals surface area contributed by atoms with E-state index in [1.54, 1.807) is 24.2 Å². The van der Waals surface area contributed by atoms with Gasteiger partial charge in [-0.3, -0.25) is 14.6 Å². The number of likely N-dealkylation sites (tertiary alicyclic amines) is 1. The number of benzene rings is 1. The standard InChI is InChI=1S/C23H33ClN4O4/c1-3-23(32-2)27-11-16(12-27)28-7-6-26(13-17(28)14-29)22(31)10-25-20-8-18(15-4-5-15)19(24)9-21(20)30/h3,8-9,15-17,23,25,29-30H,1,4-7,10-14H2,2H3/t17-,23?/m0/s1. The van der Waals surface area contributed by atoms with Crippen LogP contribution in [0, 0.1) is 0 Å². The lowest BCUT2D eigenvalue weighted by Gasteiger charge is -2.52. The lowest BCUT2D eigenvalue weighted by Crippen LogP contribution is -2.68. The molecule has 8 nitrogen and oxygen atoms in total. The number of piperazine rings is 1. The molecule has 1 unspecified atom stereocenters. The van der Waals surface area contributed by atoms with E-state index in [-0.39, 0.29) is 37.1 Å². The van der Waals surface area contributed by atoms with Crippen LogP contribution in [-0.2, 0) is 9.53 Å². The van der Waals surface area contributed by atoms with Crippen LogP contribution in [0.1, 0.15) is 24.3 Å². The molecule has 0 spiro atoms. The molecule has 2 atom stereocenters. The van der Waals surface area contributed by atoms with Crippen LogP contribution in [0.5, 0.6) is 5.75 Å². The molecule has 2 saturated heterocycles. The molecular weight excluding hydrogens is 432 g/mol. The fourth-order valence-corrected chi connectivity index (χ4v) is 5.06. The zero-order valence-electron chi connectivity index (χ0n) is 18.5. The van der Waals surface area contributed by atoms with Crippen molar-refractivity contribution in [3.05, 3.63) is 35.4 Å². The summed E-state index contributed by atoms with van der Waals surface area (Å²) in [5.74, 6) is 0.450. The Morgan fingerprint density at radius 1 is 1.34 bits per heavy atom. The average molecular weight is 465 g/mol. The van der Waals surface area contributed by atoms with E-state index < -0.39 is 0 Å². The first-order valence-corrected chi connectivity index (χ1v) is 11.6. The van der Waals surface area contributed by atoms with Gasteiger partial charge in [-0.05, 0) is 36.5 Å². The first-order valence-electron chi connectivity index (χ1n) is 11.2. The molecule has 2 aliphatic heterocycles. The number of carbonyl (C=O) groups excluding carboxylic acids is 1. The Labute approximate surface area is 194 Å². The Kier molecular flexibility index (Phi) is 7.27. The van der Waals surface area contributed by atoms with Gasteiger partial charge in [-0.2, -0.15) is 0 Å². The van der Waals surface area contributed by atoms with Crippen LogP contribution < -0.4 is 5.32 Å².